The summed E-state index contributed by atoms with van der Waals surface area (Å²) in [4.78, 5) is 2.10. The Hall–Kier alpha value is -3.23. The average molecular weight is 560 g/mol. The number of halogens is 1. The predicted molar refractivity (Wildman–Crippen MR) is 160 cm³/mol. The standard InChI is InChI=1S/C32H30FNO3S2/c33-25-14-10-24(11-15-25)28(36)7-4-8-30-31(27-18-9-21(20-35)19-29(27)37)34(32(38)39-30)26-16-12-23(13-17-26)22-5-2-1-3-6-22/h1-3,5-6,9-19,28,30-31,35-37H,4,7-8,20H2/t28?,30-,31-/m1/s1. The van der Waals surface area contributed by atoms with Gasteiger partial charge in [0.2, 0.25) is 0 Å². The molecule has 4 aromatic carbocycles. The molecule has 1 aliphatic rings. The lowest BCUT2D eigenvalue weighted by Gasteiger charge is -2.30. The van der Waals surface area contributed by atoms with Gasteiger partial charge >= 0.3 is 0 Å². The molecule has 1 aliphatic heterocycles. The molecule has 1 saturated heterocycles. The van der Waals surface area contributed by atoms with Crippen molar-refractivity contribution in [3.05, 3.63) is 120 Å². The van der Waals surface area contributed by atoms with Gasteiger partial charge in [0.1, 0.15) is 15.9 Å². The molecule has 0 spiro atoms. The van der Waals surface area contributed by atoms with Crippen molar-refractivity contribution in [2.45, 2.75) is 43.3 Å². The first-order chi connectivity index (χ1) is 18.9. The molecular formula is C32H30FNO3S2. The molecule has 1 unspecified atom stereocenters. The van der Waals surface area contributed by atoms with Gasteiger partial charge in [0.05, 0.1) is 18.8 Å². The van der Waals surface area contributed by atoms with Crippen molar-refractivity contribution < 1.29 is 19.7 Å². The lowest BCUT2D eigenvalue weighted by Crippen LogP contribution is -2.29. The number of aliphatic hydroxyl groups is 2. The second-order valence-electron chi connectivity index (χ2n) is 9.70. The van der Waals surface area contributed by atoms with Crippen LogP contribution >= 0.6 is 24.0 Å². The van der Waals surface area contributed by atoms with E-state index in [4.69, 9.17) is 12.2 Å². The van der Waals surface area contributed by atoms with Gasteiger partial charge in [-0.1, -0.05) is 90.7 Å². The van der Waals surface area contributed by atoms with Crippen molar-refractivity contribution in [1.29, 1.82) is 0 Å². The number of anilines is 1. The highest BCUT2D eigenvalue weighted by molar-refractivity contribution is 8.24. The monoisotopic (exact) mass is 559 g/mol. The summed E-state index contributed by atoms with van der Waals surface area (Å²) < 4.78 is 14.0. The predicted octanol–water partition coefficient (Wildman–Crippen LogP) is 7.54. The fourth-order valence-corrected chi connectivity index (χ4v) is 6.96. The van der Waals surface area contributed by atoms with Crippen LogP contribution in [-0.2, 0) is 6.61 Å². The van der Waals surface area contributed by atoms with Crippen LogP contribution in [0.1, 0.15) is 48.1 Å². The Morgan fingerprint density at radius 2 is 1.59 bits per heavy atom. The van der Waals surface area contributed by atoms with E-state index in [0.29, 0.717) is 17.5 Å². The molecule has 0 radical (unpaired) electrons. The molecule has 5 rings (SSSR count). The summed E-state index contributed by atoms with van der Waals surface area (Å²) in [5, 5.41) is 31.2. The van der Waals surface area contributed by atoms with Crippen LogP contribution in [-0.4, -0.2) is 24.9 Å². The molecule has 0 amide bonds. The van der Waals surface area contributed by atoms with Gasteiger partial charge < -0.3 is 20.2 Å². The normalized spacial score (nSPS) is 17.9. The van der Waals surface area contributed by atoms with E-state index in [1.807, 2.05) is 30.3 Å². The average Bonchev–Trinajstić information content (AvgIpc) is 3.29. The molecule has 200 valence electrons. The van der Waals surface area contributed by atoms with Crippen molar-refractivity contribution in [2.75, 3.05) is 4.90 Å². The zero-order chi connectivity index (χ0) is 27.4. The molecule has 0 bridgehead atoms. The molecule has 4 nitrogen and oxygen atoms in total. The first-order valence-electron chi connectivity index (χ1n) is 13.0. The van der Waals surface area contributed by atoms with Crippen LogP contribution in [0.5, 0.6) is 5.75 Å². The second-order valence-corrected chi connectivity index (χ2v) is 11.6. The van der Waals surface area contributed by atoms with E-state index in [1.54, 1.807) is 30.0 Å². The molecule has 1 heterocycles. The Labute approximate surface area is 237 Å². The number of thioether (sulfide) groups is 1. The van der Waals surface area contributed by atoms with Gasteiger partial charge in [-0.15, -0.1) is 0 Å². The molecule has 4 aromatic rings. The Balaban J connectivity index is 1.39. The molecule has 3 N–H and O–H groups in total. The van der Waals surface area contributed by atoms with Crippen LogP contribution in [0.15, 0.2) is 97.1 Å². The fraction of sp³-hybridized carbons (Fsp3) is 0.219. The van der Waals surface area contributed by atoms with E-state index in [2.05, 4.69) is 41.3 Å². The summed E-state index contributed by atoms with van der Waals surface area (Å²) in [5.74, 6) is -0.201. The van der Waals surface area contributed by atoms with Gasteiger partial charge in [0, 0.05) is 16.5 Å². The topological polar surface area (TPSA) is 63.9 Å². The third kappa shape index (κ3) is 6.17. The minimum absolute atomic E-state index is 0.0394. The van der Waals surface area contributed by atoms with Gasteiger partial charge in [-0.2, -0.15) is 0 Å². The van der Waals surface area contributed by atoms with E-state index >= 15 is 0 Å². The van der Waals surface area contributed by atoms with E-state index in [1.165, 1.54) is 12.1 Å². The number of hydrogen-bond donors (Lipinski definition) is 3. The second kappa shape index (κ2) is 12.3. The Morgan fingerprint density at radius 1 is 0.897 bits per heavy atom. The molecule has 7 heteroatoms. The first kappa shape index (κ1) is 27.3. The molecular weight excluding hydrogens is 529 g/mol. The van der Waals surface area contributed by atoms with Crippen LogP contribution in [0.3, 0.4) is 0 Å². The van der Waals surface area contributed by atoms with Crippen molar-refractivity contribution in [3.8, 4) is 16.9 Å². The maximum Gasteiger partial charge on any atom is 0.141 e. The van der Waals surface area contributed by atoms with E-state index < -0.39 is 6.10 Å². The SMILES string of the molecule is OCc1ccc([C@@H]2[C@@H](CCCC(O)c3ccc(F)cc3)SC(=S)N2c2ccc(-c3ccccc3)cc2)c(O)c1. The van der Waals surface area contributed by atoms with Gasteiger partial charge in [-0.3, -0.25) is 0 Å². The van der Waals surface area contributed by atoms with Gasteiger partial charge in [0.25, 0.3) is 0 Å². The lowest BCUT2D eigenvalue weighted by molar-refractivity contribution is 0.163. The zero-order valence-corrected chi connectivity index (χ0v) is 22.9. The fourth-order valence-electron chi connectivity index (χ4n) is 5.10. The molecule has 1 fully saturated rings. The minimum atomic E-state index is -0.679. The van der Waals surface area contributed by atoms with Crippen molar-refractivity contribution in [1.82, 2.24) is 0 Å². The summed E-state index contributed by atoms with van der Waals surface area (Å²) in [6.45, 7) is -0.152. The summed E-state index contributed by atoms with van der Waals surface area (Å²) in [5.41, 5.74) is 5.26. The van der Waals surface area contributed by atoms with Crippen molar-refractivity contribution in [3.63, 3.8) is 0 Å². The highest BCUT2D eigenvalue weighted by Gasteiger charge is 2.41. The number of phenolic OH excluding ortho intramolecular Hbond substituents is 1. The molecule has 3 atom stereocenters. The number of thiocarbonyl (C=S) groups is 1. The maximum absolute atomic E-state index is 13.3. The third-order valence-corrected chi connectivity index (χ3v) is 8.83. The highest BCUT2D eigenvalue weighted by Crippen LogP contribution is 2.49. The van der Waals surface area contributed by atoms with Crippen LogP contribution in [0.25, 0.3) is 11.1 Å². The number of aliphatic hydroxyl groups excluding tert-OH is 2. The summed E-state index contributed by atoms with van der Waals surface area (Å²) in [6.07, 6.45) is 1.34. The van der Waals surface area contributed by atoms with Crippen LogP contribution in [0.4, 0.5) is 10.1 Å². The Kier molecular flexibility index (Phi) is 8.63. The van der Waals surface area contributed by atoms with Crippen molar-refractivity contribution in [2.24, 2.45) is 0 Å². The van der Waals surface area contributed by atoms with E-state index in [0.717, 1.165) is 39.5 Å². The zero-order valence-electron chi connectivity index (χ0n) is 21.3. The number of phenols is 1. The number of nitrogens with zero attached hydrogens (tertiary/aromatic N) is 1. The van der Waals surface area contributed by atoms with E-state index in [9.17, 15) is 19.7 Å². The van der Waals surface area contributed by atoms with Crippen molar-refractivity contribution >= 4 is 34.0 Å². The van der Waals surface area contributed by atoms with Crippen LogP contribution in [0, 0.1) is 5.82 Å². The molecule has 0 aromatic heterocycles. The summed E-state index contributed by atoms with van der Waals surface area (Å²) in [6, 6.07) is 29.5. The number of hydrogen-bond acceptors (Lipinski definition) is 5. The van der Waals surface area contributed by atoms with Gasteiger partial charge in [0.15, 0.2) is 0 Å². The number of aromatic hydroxyl groups is 1. The quantitative estimate of drug-likeness (QED) is 0.184. The minimum Gasteiger partial charge on any atom is -0.508 e. The van der Waals surface area contributed by atoms with Crippen LogP contribution in [0.2, 0.25) is 0 Å². The van der Waals surface area contributed by atoms with E-state index in [-0.39, 0.29) is 29.5 Å². The molecule has 0 saturated carbocycles. The highest BCUT2D eigenvalue weighted by atomic mass is 32.2. The summed E-state index contributed by atoms with van der Waals surface area (Å²) in [7, 11) is 0. The Morgan fingerprint density at radius 3 is 2.26 bits per heavy atom. The molecule has 0 aliphatic carbocycles. The lowest BCUT2D eigenvalue weighted by atomic mass is 9.94. The maximum atomic E-state index is 13.3. The van der Waals surface area contributed by atoms with Crippen LogP contribution < -0.4 is 4.90 Å². The number of rotatable bonds is 9. The van der Waals surface area contributed by atoms with Gasteiger partial charge in [-0.05, 0) is 71.8 Å². The largest absolute Gasteiger partial charge is 0.508 e. The molecule has 39 heavy (non-hydrogen) atoms. The Bertz CT molecular complexity index is 1410. The first-order valence-corrected chi connectivity index (χ1v) is 14.2. The third-order valence-electron chi connectivity index (χ3n) is 7.15. The summed E-state index contributed by atoms with van der Waals surface area (Å²) >= 11 is 7.47. The smallest absolute Gasteiger partial charge is 0.141 e. The van der Waals surface area contributed by atoms with Gasteiger partial charge in [-0.25, -0.2) is 4.39 Å². The number of benzene rings is 4.